The van der Waals surface area contributed by atoms with E-state index in [0.29, 0.717) is 5.56 Å². The second-order valence-corrected chi connectivity index (χ2v) is 3.05. The third-order valence-corrected chi connectivity index (χ3v) is 1.68. The monoisotopic (exact) mass is 214 g/mol. The summed E-state index contributed by atoms with van der Waals surface area (Å²) in [5.74, 6) is 2.36. The van der Waals surface area contributed by atoms with Crippen molar-refractivity contribution in [3.8, 4) is 18.1 Å². The maximum Gasteiger partial charge on any atom is 0.422 e. The number of ether oxygens (including phenoxy) is 1. The highest BCUT2D eigenvalue weighted by Gasteiger charge is 2.28. The van der Waals surface area contributed by atoms with Crippen LogP contribution in [0.25, 0.3) is 0 Å². The number of halogens is 3. The number of alkyl halides is 3. The molecular formula is C11H9F3O. The van der Waals surface area contributed by atoms with Crippen molar-refractivity contribution in [3.63, 3.8) is 0 Å². The fourth-order valence-corrected chi connectivity index (χ4v) is 1.03. The van der Waals surface area contributed by atoms with Crippen LogP contribution in [0.5, 0.6) is 5.75 Å². The Hall–Kier alpha value is -1.63. The number of hydrogen-bond acceptors (Lipinski definition) is 1. The first-order valence-corrected chi connectivity index (χ1v) is 4.19. The van der Waals surface area contributed by atoms with Crippen molar-refractivity contribution in [2.75, 3.05) is 6.61 Å². The molecule has 0 aliphatic carbocycles. The standard InChI is InChI=1S/C11H9F3O/c1-3-9-5-4-8(2)6-10(9)15-7-11(12,13)14/h1,4-6H,7H2,2H3. The molecule has 0 heterocycles. The van der Waals surface area contributed by atoms with Crippen molar-refractivity contribution in [2.45, 2.75) is 13.1 Å². The molecule has 0 aliphatic rings. The molecule has 0 unspecified atom stereocenters. The lowest BCUT2D eigenvalue weighted by molar-refractivity contribution is -0.153. The largest absolute Gasteiger partial charge is 0.483 e. The molecule has 1 nitrogen and oxygen atoms in total. The summed E-state index contributed by atoms with van der Waals surface area (Å²) in [6.07, 6.45) is 0.777. The number of hydrogen-bond donors (Lipinski definition) is 0. The van der Waals surface area contributed by atoms with Crippen molar-refractivity contribution in [1.82, 2.24) is 0 Å². The van der Waals surface area contributed by atoms with E-state index in [1.807, 2.05) is 0 Å². The molecule has 4 heteroatoms. The highest BCUT2D eigenvalue weighted by atomic mass is 19.4. The Morgan fingerprint density at radius 3 is 2.60 bits per heavy atom. The predicted octanol–water partition coefficient (Wildman–Crippen LogP) is 2.92. The first-order valence-electron chi connectivity index (χ1n) is 4.19. The molecule has 0 spiro atoms. The maximum atomic E-state index is 11.9. The minimum atomic E-state index is -4.35. The molecule has 15 heavy (non-hydrogen) atoms. The Kier molecular flexibility index (Phi) is 3.25. The van der Waals surface area contributed by atoms with Crippen LogP contribution in [-0.4, -0.2) is 12.8 Å². The van der Waals surface area contributed by atoms with Gasteiger partial charge in [0.25, 0.3) is 0 Å². The molecular weight excluding hydrogens is 205 g/mol. The second-order valence-electron chi connectivity index (χ2n) is 3.05. The zero-order valence-corrected chi connectivity index (χ0v) is 8.06. The van der Waals surface area contributed by atoms with Crippen LogP contribution in [0.3, 0.4) is 0 Å². The Morgan fingerprint density at radius 2 is 2.07 bits per heavy atom. The Balaban J connectivity index is 2.85. The Bertz CT molecular complexity index is 388. The fraction of sp³-hybridized carbons (Fsp3) is 0.273. The predicted molar refractivity (Wildman–Crippen MR) is 50.7 cm³/mol. The topological polar surface area (TPSA) is 9.23 Å². The molecule has 0 atom stereocenters. The van der Waals surface area contributed by atoms with Crippen LogP contribution in [0.4, 0.5) is 13.2 Å². The third-order valence-electron chi connectivity index (χ3n) is 1.68. The molecule has 1 aromatic carbocycles. The number of aryl methyl sites for hydroxylation is 1. The molecule has 1 aromatic rings. The molecule has 0 aliphatic heterocycles. The smallest absolute Gasteiger partial charge is 0.422 e. The van der Waals surface area contributed by atoms with Crippen molar-refractivity contribution >= 4 is 0 Å². The van der Waals surface area contributed by atoms with Gasteiger partial charge in [0.15, 0.2) is 6.61 Å². The van der Waals surface area contributed by atoms with Gasteiger partial charge in [-0.05, 0) is 24.6 Å². The average Bonchev–Trinajstić information content (AvgIpc) is 2.14. The molecule has 0 saturated heterocycles. The quantitative estimate of drug-likeness (QED) is 0.688. The van der Waals surface area contributed by atoms with Crippen molar-refractivity contribution in [1.29, 1.82) is 0 Å². The molecule has 0 amide bonds. The molecule has 80 valence electrons. The van der Waals surface area contributed by atoms with E-state index in [9.17, 15) is 13.2 Å². The minimum absolute atomic E-state index is 0.0924. The van der Waals surface area contributed by atoms with E-state index in [0.717, 1.165) is 5.56 Å². The summed E-state index contributed by atoms with van der Waals surface area (Å²) in [5, 5.41) is 0. The molecule has 0 fully saturated rings. The lowest BCUT2D eigenvalue weighted by Gasteiger charge is -2.11. The fourth-order valence-electron chi connectivity index (χ4n) is 1.03. The lowest BCUT2D eigenvalue weighted by Crippen LogP contribution is -2.19. The van der Waals surface area contributed by atoms with E-state index in [4.69, 9.17) is 6.42 Å². The van der Waals surface area contributed by atoms with Gasteiger partial charge >= 0.3 is 6.18 Å². The van der Waals surface area contributed by atoms with Crippen LogP contribution in [-0.2, 0) is 0 Å². The van der Waals surface area contributed by atoms with Crippen LogP contribution in [0, 0.1) is 19.3 Å². The second kappa shape index (κ2) is 4.26. The SMILES string of the molecule is C#Cc1ccc(C)cc1OCC(F)(F)F. The van der Waals surface area contributed by atoms with Crippen LogP contribution in [0.2, 0.25) is 0 Å². The van der Waals surface area contributed by atoms with Gasteiger partial charge in [-0.3, -0.25) is 0 Å². The molecule has 0 N–H and O–H groups in total. The van der Waals surface area contributed by atoms with E-state index in [-0.39, 0.29) is 5.75 Å². The van der Waals surface area contributed by atoms with E-state index in [1.165, 1.54) is 6.07 Å². The van der Waals surface area contributed by atoms with Crippen LogP contribution < -0.4 is 4.74 Å². The summed E-state index contributed by atoms with van der Waals surface area (Å²) in [5.41, 5.74) is 1.12. The normalized spacial score (nSPS) is 10.9. The van der Waals surface area contributed by atoms with Gasteiger partial charge in [-0.1, -0.05) is 12.0 Å². The van der Waals surface area contributed by atoms with Gasteiger partial charge in [0.1, 0.15) is 5.75 Å². The lowest BCUT2D eigenvalue weighted by atomic mass is 10.1. The molecule has 0 saturated carbocycles. The maximum absolute atomic E-state index is 11.9. The highest BCUT2D eigenvalue weighted by Crippen LogP contribution is 2.22. The summed E-state index contributed by atoms with van der Waals surface area (Å²) in [6, 6.07) is 4.76. The van der Waals surface area contributed by atoms with E-state index >= 15 is 0 Å². The summed E-state index contributed by atoms with van der Waals surface area (Å²) < 4.78 is 40.3. The summed E-state index contributed by atoms with van der Waals surface area (Å²) >= 11 is 0. The average molecular weight is 214 g/mol. The zero-order valence-electron chi connectivity index (χ0n) is 8.06. The summed E-state index contributed by atoms with van der Waals surface area (Å²) in [4.78, 5) is 0. The molecule has 0 aromatic heterocycles. The number of benzene rings is 1. The van der Waals surface area contributed by atoms with Crippen molar-refractivity contribution in [3.05, 3.63) is 29.3 Å². The van der Waals surface area contributed by atoms with Crippen molar-refractivity contribution < 1.29 is 17.9 Å². The molecule has 0 bridgehead atoms. The molecule has 1 rings (SSSR count). The van der Waals surface area contributed by atoms with Crippen LogP contribution in [0.1, 0.15) is 11.1 Å². The molecule has 0 radical (unpaired) electrons. The van der Waals surface area contributed by atoms with Gasteiger partial charge < -0.3 is 4.74 Å². The summed E-state index contributed by atoms with van der Waals surface area (Å²) in [7, 11) is 0. The number of terminal acetylenes is 1. The van der Waals surface area contributed by atoms with E-state index < -0.39 is 12.8 Å². The van der Waals surface area contributed by atoms with Gasteiger partial charge in [-0.15, -0.1) is 6.42 Å². The van der Waals surface area contributed by atoms with Crippen LogP contribution >= 0.6 is 0 Å². The Labute approximate surface area is 85.9 Å². The zero-order chi connectivity index (χ0) is 11.5. The van der Waals surface area contributed by atoms with Crippen LogP contribution in [0.15, 0.2) is 18.2 Å². The van der Waals surface area contributed by atoms with Gasteiger partial charge in [0.05, 0.1) is 5.56 Å². The van der Waals surface area contributed by atoms with Crippen molar-refractivity contribution in [2.24, 2.45) is 0 Å². The van der Waals surface area contributed by atoms with E-state index in [2.05, 4.69) is 10.7 Å². The summed E-state index contributed by atoms with van der Waals surface area (Å²) in [6.45, 7) is 0.422. The highest BCUT2D eigenvalue weighted by molar-refractivity contribution is 5.46. The first-order chi connectivity index (χ1) is 6.92. The first kappa shape index (κ1) is 11.4. The minimum Gasteiger partial charge on any atom is -0.483 e. The van der Waals surface area contributed by atoms with Gasteiger partial charge in [0.2, 0.25) is 0 Å². The van der Waals surface area contributed by atoms with Gasteiger partial charge in [0, 0.05) is 0 Å². The third kappa shape index (κ3) is 3.55. The van der Waals surface area contributed by atoms with Gasteiger partial charge in [-0.25, -0.2) is 0 Å². The Morgan fingerprint density at radius 1 is 1.40 bits per heavy atom. The number of rotatable bonds is 2. The van der Waals surface area contributed by atoms with E-state index in [1.54, 1.807) is 19.1 Å². The van der Waals surface area contributed by atoms with Gasteiger partial charge in [-0.2, -0.15) is 13.2 Å².